The van der Waals surface area contributed by atoms with Crippen LogP contribution in [-0.2, 0) is 4.79 Å². The van der Waals surface area contributed by atoms with E-state index in [2.05, 4.69) is 5.32 Å². The summed E-state index contributed by atoms with van der Waals surface area (Å²) < 4.78 is 19.2. The van der Waals surface area contributed by atoms with Gasteiger partial charge in [-0.05, 0) is 36.4 Å². The van der Waals surface area contributed by atoms with Crippen molar-refractivity contribution >= 4 is 34.5 Å². The summed E-state index contributed by atoms with van der Waals surface area (Å²) in [6, 6.07) is 8.73. The molecule has 0 fully saturated rings. The summed E-state index contributed by atoms with van der Waals surface area (Å²) in [4.78, 5) is 13.7. The third kappa shape index (κ3) is 3.70. The lowest BCUT2D eigenvalue weighted by Crippen LogP contribution is -2.33. The molecule has 0 bridgehead atoms. The number of nitrogen functional groups attached to an aromatic ring is 1. The Labute approximate surface area is 166 Å². The van der Waals surface area contributed by atoms with Gasteiger partial charge < -0.3 is 20.7 Å². The Hall–Kier alpha value is -3.32. The van der Waals surface area contributed by atoms with Gasteiger partial charge in [0, 0.05) is 43.3 Å². The number of likely N-dealkylation sites (N-methyl/N-ethyl adjacent to an activating group) is 1. The molecule has 0 atom stereocenters. The zero-order chi connectivity index (χ0) is 20.4. The maximum absolute atomic E-state index is 13.3. The van der Waals surface area contributed by atoms with E-state index in [4.69, 9.17) is 27.5 Å². The number of nitrogens with two attached hydrogens (primary N) is 1. The summed E-state index contributed by atoms with van der Waals surface area (Å²) >= 11 is 6.07. The third-order valence-corrected chi connectivity index (χ3v) is 4.40. The van der Waals surface area contributed by atoms with Crippen LogP contribution in [0.25, 0.3) is 5.57 Å². The molecule has 2 aromatic rings. The normalized spacial score (nSPS) is 15.6. The number of ether oxygens (including phenoxy) is 1. The third-order valence-electron chi connectivity index (χ3n) is 4.11. The molecule has 1 aliphatic heterocycles. The monoisotopic (exact) mass is 400 g/mol. The van der Waals surface area contributed by atoms with E-state index in [1.807, 2.05) is 0 Å². The van der Waals surface area contributed by atoms with Crippen LogP contribution in [0.2, 0.25) is 5.02 Å². The number of carbonyl (C=O) groups is 1. The van der Waals surface area contributed by atoms with Crippen molar-refractivity contribution in [2.24, 2.45) is 0 Å². The number of nitrogens with one attached hydrogen (secondary N) is 2. The molecule has 0 saturated heterocycles. The Morgan fingerprint density at radius 1 is 1.25 bits per heavy atom. The van der Waals surface area contributed by atoms with E-state index in [1.165, 1.54) is 23.2 Å². The number of carbonyl (C=O) groups excluding carboxylic acids is 1. The van der Waals surface area contributed by atoms with Crippen LogP contribution < -0.4 is 15.8 Å². The van der Waals surface area contributed by atoms with E-state index < -0.39 is 5.82 Å². The molecule has 0 unspecified atom stereocenters. The first-order valence-corrected chi connectivity index (χ1v) is 8.68. The quantitative estimate of drug-likeness (QED) is 0.538. The molecule has 28 heavy (non-hydrogen) atoms. The molecule has 0 aromatic heterocycles. The first kappa shape index (κ1) is 19.4. The molecule has 6 nitrogen and oxygen atoms in total. The van der Waals surface area contributed by atoms with Crippen molar-refractivity contribution in [3.05, 3.63) is 70.8 Å². The first-order valence-electron chi connectivity index (χ1n) is 8.30. The summed E-state index contributed by atoms with van der Waals surface area (Å²) in [5.41, 5.74) is 7.58. The molecule has 1 heterocycles. The highest BCUT2D eigenvalue weighted by Crippen LogP contribution is 2.37. The topological polar surface area (TPSA) is 91.4 Å². The van der Waals surface area contributed by atoms with Gasteiger partial charge in [0.25, 0.3) is 5.91 Å². The highest BCUT2D eigenvalue weighted by molar-refractivity contribution is 6.41. The summed E-state index contributed by atoms with van der Waals surface area (Å²) in [7, 11) is 3.25. The zero-order valence-corrected chi connectivity index (χ0v) is 16.0. The Kier molecular flexibility index (Phi) is 5.37. The van der Waals surface area contributed by atoms with Gasteiger partial charge in [-0.1, -0.05) is 11.6 Å². The second-order valence-corrected chi connectivity index (χ2v) is 6.52. The van der Waals surface area contributed by atoms with E-state index >= 15 is 0 Å². The van der Waals surface area contributed by atoms with Gasteiger partial charge in [0.05, 0.1) is 16.3 Å². The Bertz CT molecular complexity index is 1030. The molecule has 1 amide bonds. The van der Waals surface area contributed by atoms with Crippen molar-refractivity contribution in [2.45, 2.75) is 0 Å². The Balaban J connectivity index is 2.10. The summed E-state index contributed by atoms with van der Waals surface area (Å²) in [5, 5.41) is 11.4. The first-order chi connectivity index (χ1) is 13.3. The number of benzene rings is 2. The van der Waals surface area contributed by atoms with Crippen LogP contribution in [-0.4, -0.2) is 30.6 Å². The van der Waals surface area contributed by atoms with Gasteiger partial charge in [-0.15, -0.1) is 0 Å². The molecule has 8 heteroatoms. The fourth-order valence-corrected chi connectivity index (χ4v) is 2.97. The van der Waals surface area contributed by atoms with Gasteiger partial charge in [-0.2, -0.15) is 0 Å². The minimum Gasteiger partial charge on any atom is -0.455 e. The minimum absolute atomic E-state index is 0.0260. The number of rotatable bonds is 4. The van der Waals surface area contributed by atoms with Gasteiger partial charge in [0.1, 0.15) is 17.3 Å². The average Bonchev–Trinajstić information content (AvgIpc) is 2.65. The summed E-state index contributed by atoms with van der Waals surface area (Å²) in [6.07, 6.45) is 3.02. The van der Waals surface area contributed by atoms with Crippen molar-refractivity contribution in [3.8, 4) is 11.5 Å². The molecule has 2 aromatic carbocycles. The van der Waals surface area contributed by atoms with Crippen LogP contribution in [0, 0.1) is 11.2 Å². The smallest absolute Gasteiger partial charge is 0.261 e. The van der Waals surface area contributed by atoms with Crippen molar-refractivity contribution in [1.82, 2.24) is 10.2 Å². The van der Waals surface area contributed by atoms with E-state index in [-0.39, 0.29) is 28.0 Å². The lowest BCUT2D eigenvalue weighted by molar-refractivity contribution is -0.123. The van der Waals surface area contributed by atoms with Crippen LogP contribution in [0.5, 0.6) is 11.5 Å². The van der Waals surface area contributed by atoms with E-state index in [1.54, 1.807) is 38.5 Å². The highest BCUT2D eigenvalue weighted by Gasteiger charge is 2.29. The van der Waals surface area contributed by atoms with Crippen LogP contribution in [0.1, 0.15) is 5.56 Å². The minimum atomic E-state index is -0.478. The lowest BCUT2D eigenvalue weighted by Gasteiger charge is -2.25. The SMILES string of the molecule is CN/C=C1\C(=N)C(c2cc(N)ccc2Oc2ccc(F)cc2Cl)=CN(C)C1=O. The number of halogens is 2. The van der Waals surface area contributed by atoms with Crippen molar-refractivity contribution in [3.63, 3.8) is 0 Å². The highest BCUT2D eigenvalue weighted by atomic mass is 35.5. The lowest BCUT2D eigenvalue weighted by atomic mass is 9.92. The standard InChI is InChI=1S/C20H18ClFN4O2/c1-25-9-14-19(24)15(10-26(2)20(14)27)13-8-12(23)4-6-17(13)28-18-5-3-11(22)7-16(18)21/h3-10,24-25H,23H2,1-2H3/b14-9+,24-19?. The molecule has 3 rings (SSSR count). The van der Waals surface area contributed by atoms with Crippen molar-refractivity contribution in [1.29, 1.82) is 5.41 Å². The molecular weight excluding hydrogens is 383 g/mol. The largest absolute Gasteiger partial charge is 0.455 e. The number of nitrogens with zero attached hydrogens (tertiary/aromatic N) is 1. The van der Waals surface area contributed by atoms with E-state index in [9.17, 15) is 9.18 Å². The predicted molar refractivity (Wildman–Crippen MR) is 108 cm³/mol. The number of hydrogen-bond acceptors (Lipinski definition) is 5. The van der Waals surface area contributed by atoms with Crippen LogP contribution >= 0.6 is 11.6 Å². The average molecular weight is 401 g/mol. The van der Waals surface area contributed by atoms with Gasteiger partial charge in [-0.25, -0.2) is 4.39 Å². The van der Waals surface area contributed by atoms with Crippen molar-refractivity contribution < 1.29 is 13.9 Å². The number of amides is 1. The van der Waals surface area contributed by atoms with Crippen LogP contribution in [0.4, 0.5) is 10.1 Å². The molecule has 0 saturated carbocycles. The summed E-state index contributed by atoms with van der Waals surface area (Å²) in [5.74, 6) is -0.164. The second kappa shape index (κ2) is 7.74. The maximum atomic E-state index is 13.3. The van der Waals surface area contributed by atoms with Crippen LogP contribution in [0.15, 0.2) is 54.4 Å². The molecule has 144 valence electrons. The fraction of sp³-hybridized carbons (Fsp3) is 0.100. The number of allylic oxidation sites excluding steroid dienone is 1. The second-order valence-electron chi connectivity index (χ2n) is 6.11. The Morgan fingerprint density at radius 2 is 1.96 bits per heavy atom. The van der Waals surface area contributed by atoms with E-state index in [0.717, 1.165) is 6.07 Å². The zero-order valence-electron chi connectivity index (χ0n) is 15.2. The summed E-state index contributed by atoms with van der Waals surface area (Å²) in [6.45, 7) is 0. The number of hydrogen-bond donors (Lipinski definition) is 3. The Morgan fingerprint density at radius 3 is 2.64 bits per heavy atom. The molecule has 0 spiro atoms. The van der Waals surface area contributed by atoms with Crippen molar-refractivity contribution in [2.75, 3.05) is 19.8 Å². The molecule has 0 aliphatic carbocycles. The van der Waals surface area contributed by atoms with Gasteiger partial charge in [-0.3, -0.25) is 10.2 Å². The number of anilines is 1. The molecule has 4 N–H and O–H groups in total. The molecule has 1 aliphatic rings. The van der Waals surface area contributed by atoms with E-state index in [0.29, 0.717) is 22.6 Å². The molecule has 0 radical (unpaired) electrons. The molecular formula is C20H18ClFN4O2. The van der Waals surface area contributed by atoms with Gasteiger partial charge in [0.15, 0.2) is 0 Å². The fourth-order valence-electron chi connectivity index (χ4n) is 2.76. The van der Waals surface area contributed by atoms with Gasteiger partial charge in [0.2, 0.25) is 0 Å². The van der Waals surface area contributed by atoms with Gasteiger partial charge >= 0.3 is 0 Å². The van der Waals surface area contributed by atoms with Crippen LogP contribution in [0.3, 0.4) is 0 Å². The maximum Gasteiger partial charge on any atom is 0.261 e. The predicted octanol–water partition coefficient (Wildman–Crippen LogP) is 3.79.